The number of fused-ring (bicyclic) bond motifs is 1. The van der Waals surface area contributed by atoms with Crippen molar-refractivity contribution in [3.05, 3.63) is 30.0 Å². The zero-order valence-corrected chi connectivity index (χ0v) is 20.8. The molecule has 3 saturated heterocycles. The van der Waals surface area contributed by atoms with Gasteiger partial charge in [0, 0.05) is 62.6 Å². The van der Waals surface area contributed by atoms with Crippen molar-refractivity contribution in [1.82, 2.24) is 9.88 Å². The van der Waals surface area contributed by atoms with Crippen LogP contribution in [0.25, 0.3) is 10.8 Å². The number of nitrogens with zero attached hydrogens (tertiary/aromatic N) is 3. The van der Waals surface area contributed by atoms with Crippen LogP contribution >= 0.6 is 0 Å². The molecule has 4 aliphatic rings. The Hall–Kier alpha value is -2.26. The molecule has 1 spiro atoms. The van der Waals surface area contributed by atoms with Gasteiger partial charge in [0.15, 0.2) is 0 Å². The van der Waals surface area contributed by atoms with Gasteiger partial charge < -0.3 is 24.8 Å². The van der Waals surface area contributed by atoms with Crippen LogP contribution in [0.5, 0.6) is 0 Å². The Morgan fingerprint density at radius 3 is 2.60 bits per heavy atom. The van der Waals surface area contributed by atoms with E-state index in [0.717, 1.165) is 69.4 Å². The summed E-state index contributed by atoms with van der Waals surface area (Å²) in [6.45, 7) is 10.4. The summed E-state index contributed by atoms with van der Waals surface area (Å²) in [6.07, 6.45) is 4.36. The summed E-state index contributed by atoms with van der Waals surface area (Å²) in [4.78, 5) is 22.2. The zero-order valence-electron chi connectivity index (χ0n) is 20.8. The van der Waals surface area contributed by atoms with Crippen LogP contribution in [0, 0.1) is 18.3 Å². The molecule has 4 fully saturated rings. The second-order valence-corrected chi connectivity index (χ2v) is 11.1. The molecule has 1 aromatic heterocycles. The van der Waals surface area contributed by atoms with Gasteiger partial charge >= 0.3 is 0 Å². The number of ether oxygens (including phenoxy) is 2. The van der Waals surface area contributed by atoms with Gasteiger partial charge in [0.2, 0.25) is 5.91 Å². The van der Waals surface area contributed by atoms with Gasteiger partial charge in [-0.15, -0.1) is 0 Å². The molecule has 4 heterocycles. The van der Waals surface area contributed by atoms with Crippen molar-refractivity contribution >= 4 is 28.2 Å². The SMILES string of the molecule is Cc1cc2cnc(NC(=O)C3CC34CCOCC4)cc2cc1N1CCN(C2(C)COCC2O)CC1. The highest BCUT2D eigenvalue weighted by molar-refractivity contribution is 5.97. The minimum absolute atomic E-state index is 0.0828. The van der Waals surface area contributed by atoms with Gasteiger partial charge in [0.1, 0.15) is 5.82 Å². The fourth-order valence-electron chi connectivity index (χ4n) is 6.38. The van der Waals surface area contributed by atoms with E-state index in [9.17, 15) is 9.90 Å². The maximum atomic E-state index is 12.9. The largest absolute Gasteiger partial charge is 0.389 e. The Morgan fingerprint density at radius 1 is 1.11 bits per heavy atom. The lowest BCUT2D eigenvalue weighted by Gasteiger charge is -2.45. The van der Waals surface area contributed by atoms with Crippen molar-refractivity contribution in [2.75, 3.05) is 62.8 Å². The van der Waals surface area contributed by atoms with E-state index in [4.69, 9.17) is 9.47 Å². The Labute approximate surface area is 206 Å². The summed E-state index contributed by atoms with van der Waals surface area (Å²) in [5, 5.41) is 15.7. The van der Waals surface area contributed by atoms with Gasteiger partial charge in [-0.3, -0.25) is 9.69 Å². The first kappa shape index (κ1) is 23.2. The Balaban J connectivity index is 1.15. The first-order chi connectivity index (χ1) is 16.9. The maximum absolute atomic E-state index is 12.9. The predicted molar refractivity (Wildman–Crippen MR) is 135 cm³/mol. The van der Waals surface area contributed by atoms with Crippen LogP contribution in [-0.2, 0) is 14.3 Å². The van der Waals surface area contributed by atoms with Crippen LogP contribution in [0.2, 0.25) is 0 Å². The third kappa shape index (κ3) is 4.10. The van der Waals surface area contributed by atoms with Crippen LogP contribution in [0.3, 0.4) is 0 Å². The highest BCUT2D eigenvalue weighted by Crippen LogP contribution is 2.59. The quantitative estimate of drug-likeness (QED) is 0.696. The average molecular weight is 481 g/mol. The molecule has 188 valence electrons. The van der Waals surface area contributed by atoms with E-state index in [2.05, 4.69) is 46.1 Å². The highest BCUT2D eigenvalue weighted by atomic mass is 16.5. The summed E-state index contributed by atoms with van der Waals surface area (Å²) in [7, 11) is 0. The molecule has 0 radical (unpaired) electrons. The Morgan fingerprint density at radius 2 is 1.89 bits per heavy atom. The molecule has 3 aliphatic heterocycles. The topological polar surface area (TPSA) is 87.2 Å². The molecule has 0 bridgehead atoms. The van der Waals surface area contributed by atoms with Crippen molar-refractivity contribution in [2.24, 2.45) is 11.3 Å². The molecule has 35 heavy (non-hydrogen) atoms. The van der Waals surface area contributed by atoms with Crippen molar-refractivity contribution < 1.29 is 19.4 Å². The lowest BCUT2D eigenvalue weighted by molar-refractivity contribution is -0.118. The molecule has 1 amide bonds. The number of anilines is 2. The van der Waals surface area contributed by atoms with E-state index in [0.29, 0.717) is 19.0 Å². The van der Waals surface area contributed by atoms with E-state index >= 15 is 0 Å². The number of aliphatic hydroxyl groups excluding tert-OH is 1. The lowest BCUT2D eigenvalue weighted by Crippen LogP contribution is -2.60. The minimum Gasteiger partial charge on any atom is -0.389 e. The highest BCUT2D eigenvalue weighted by Gasteiger charge is 2.58. The molecule has 3 unspecified atom stereocenters. The van der Waals surface area contributed by atoms with Gasteiger partial charge in [0.25, 0.3) is 0 Å². The molecular formula is C27H36N4O4. The van der Waals surface area contributed by atoms with Crippen LogP contribution in [0.15, 0.2) is 24.4 Å². The standard InChI is InChI=1S/C27H36N4O4/c1-18-11-20-15-28-24(29-25(33)21-14-27(21)3-9-34-10-4-27)13-19(20)12-22(18)30-5-7-31(8-6-30)26(2)17-35-16-23(26)32/h11-13,15,21,23,32H,3-10,14,16-17H2,1-2H3,(H,28,29,33). The molecule has 3 atom stereocenters. The number of hydrogen-bond donors (Lipinski definition) is 2. The van der Waals surface area contributed by atoms with Crippen LogP contribution < -0.4 is 10.2 Å². The van der Waals surface area contributed by atoms with Gasteiger partial charge in [-0.25, -0.2) is 4.98 Å². The minimum atomic E-state index is -0.436. The van der Waals surface area contributed by atoms with Crippen molar-refractivity contribution in [1.29, 1.82) is 0 Å². The van der Waals surface area contributed by atoms with E-state index in [1.807, 2.05) is 12.3 Å². The summed E-state index contributed by atoms with van der Waals surface area (Å²) >= 11 is 0. The van der Waals surface area contributed by atoms with Gasteiger partial charge in [-0.1, -0.05) is 0 Å². The number of carbonyl (C=O) groups is 1. The fourth-order valence-corrected chi connectivity index (χ4v) is 6.38. The number of hydrogen-bond acceptors (Lipinski definition) is 7. The third-order valence-electron chi connectivity index (χ3n) is 9.01. The van der Waals surface area contributed by atoms with Crippen LogP contribution in [0.4, 0.5) is 11.5 Å². The second kappa shape index (κ2) is 8.69. The first-order valence-corrected chi connectivity index (χ1v) is 12.9. The molecule has 1 saturated carbocycles. The van der Waals surface area contributed by atoms with Crippen molar-refractivity contribution in [2.45, 2.75) is 44.8 Å². The maximum Gasteiger partial charge on any atom is 0.229 e. The summed E-state index contributed by atoms with van der Waals surface area (Å²) in [6, 6.07) is 6.41. The van der Waals surface area contributed by atoms with E-state index in [1.54, 1.807) is 0 Å². The van der Waals surface area contributed by atoms with Gasteiger partial charge in [-0.05, 0) is 67.7 Å². The van der Waals surface area contributed by atoms with E-state index < -0.39 is 6.10 Å². The average Bonchev–Trinajstić information content (AvgIpc) is 3.44. The van der Waals surface area contributed by atoms with Crippen LogP contribution in [-0.4, -0.2) is 85.1 Å². The fraction of sp³-hybridized carbons (Fsp3) is 0.630. The molecule has 1 aromatic carbocycles. The first-order valence-electron chi connectivity index (χ1n) is 12.9. The monoisotopic (exact) mass is 480 g/mol. The summed E-state index contributed by atoms with van der Waals surface area (Å²) in [5.74, 6) is 0.799. The zero-order chi connectivity index (χ0) is 24.2. The number of amides is 1. The molecule has 8 nitrogen and oxygen atoms in total. The lowest BCUT2D eigenvalue weighted by atomic mass is 9.93. The molecule has 8 heteroatoms. The Bertz CT molecular complexity index is 1130. The smallest absolute Gasteiger partial charge is 0.229 e. The van der Waals surface area contributed by atoms with Gasteiger partial charge in [0.05, 0.1) is 24.9 Å². The molecule has 6 rings (SSSR count). The summed E-state index contributed by atoms with van der Waals surface area (Å²) in [5.41, 5.74) is 2.30. The number of piperazine rings is 1. The summed E-state index contributed by atoms with van der Waals surface area (Å²) < 4.78 is 11.0. The number of aryl methyl sites for hydroxylation is 1. The number of aliphatic hydroxyl groups is 1. The predicted octanol–water partition coefficient (Wildman–Crippen LogP) is 2.57. The number of pyridine rings is 1. The number of carbonyl (C=O) groups excluding carboxylic acids is 1. The number of benzene rings is 1. The molecule has 2 N–H and O–H groups in total. The number of nitrogens with one attached hydrogen (secondary N) is 1. The second-order valence-electron chi connectivity index (χ2n) is 11.1. The van der Waals surface area contributed by atoms with Crippen molar-refractivity contribution in [3.63, 3.8) is 0 Å². The normalized spacial score (nSPS) is 30.7. The molecule has 2 aromatic rings. The van der Waals surface area contributed by atoms with Crippen molar-refractivity contribution in [3.8, 4) is 0 Å². The number of aromatic nitrogens is 1. The molecular weight excluding hydrogens is 444 g/mol. The van der Waals surface area contributed by atoms with E-state index in [1.165, 1.54) is 11.3 Å². The number of rotatable bonds is 4. The Kier molecular flexibility index (Phi) is 5.75. The third-order valence-corrected chi connectivity index (χ3v) is 9.01. The van der Waals surface area contributed by atoms with Crippen LogP contribution in [0.1, 0.15) is 31.7 Å². The van der Waals surface area contributed by atoms with Gasteiger partial charge in [-0.2, -0.15) is 0 Å². The molecule has 1 aliphatic carbocycles. The van der Waals surface area contributed by atoms with E-state index in [-0.39, 0.29) is 22.8 Å².